The van der Waals surface area contributed by atoms with Crippen molar-refractivity contribution in [2.24, 2.45) is 35.0 Å². The number of aliphatic hydroxyl groups is 2. The van der Waals surface area contributed by atoms with Crippen molar-refractivity contribution < 1.29 is 10.2 Å². The van der Waals surface area contributed by atoms with Gasteiger partial charge in [0.05, 0.1) is 12.7 Å². The van der Waals surface area contributed by atoms with E-state index in [0.29, 0.717) is 18.3 Å². The summed E-state index contributed by atoms with van der Waals surface area (Å²) in [6.07, 6.45) is 16.3. The quantitative estimate of drug-likeness (QED) is 0.479. The fourth-order valence-electron chi connectivity index (χ4n) is 7.03. The average Bonchev–Trinajstić information content (AvgIpc) is 3.05. The molecule has 2 heteroatoms. The van der Waals surface area contributed by atoms with Gasteiger partial charge in [0, 0.05) is 5.92 Å². The number of allylic oxidation sites excluding steroid dienone is 3. The van der Waals surface area contributed by atoms with E-state index in [0.717, 1.165) is 34.8 Å². The summed E-state index contributed by atoms with van der Waals surface area (Å²) in [4.78, 5) is 0. The predicted octanol–water partition coefficient (Wildman–Crippen LogP) is 6.84. The highest BCUT2D eigenvalue weighted by atomic mass is 16.3. The van der Waals surface area contributed by atoms with Gasteiger partial charge in [0.1, 0.15) is 0 Å². The van der Waals surface area contributed by atoms with Gasteiger partial charge in [0.2, 0.25) is 0 Å². The summed E-state index contributed by atoms with van der Waals surface area (Å²) >= 11 is 0. The maximum atomic E-state index is 10.2. The van der Waals surface area contributed by atoms with Crippen molar-refractivity contribution in [2.45, 2.75) is 98.0 Å². The third-order valence-electron chi connectivity index (χ3n) is 8.80. The van der Waals surface area contributed by atoms with Gasteiger partial charge >= 0.3 is 0 Å². The van der Waals surface area contributed by atoms with Gasteiger partial charge in [-0.3, -0.25) is 0 Å². The molecular formula is C28H46O2. The second kappa shape index (κ2) is 10.2. The standard InChI is InChI=1S/C28H46O2/c1-19(2)8-6-9-20(3)26-13-14-27-22(10-7-15-28(26,27)5)11-12-23-16-25(30)17-24(18-29)21(23)4/h11-12,19-20,24-27,29-30H,4,6-10,13-18H2,1-3,5H3/b22-11?,23-12-/t20-,24?,25-,26-,27?,28-/m1/s1. The molecule has 170 valence electrons. The molecule has 0 aromatic rings. The first-order chi connectivity index (χ1) is 14.3. The Balaban J connectivity index is 1.72. The minimum absolute atomic E-state index is 0.0116. The number of rotatable bonds is 7. The van der Waals surface area contributed by atoms with Crippen molar-refractivity contribution in [3.05, 3.63) is 35.5 Å². The molecule has 0 amide bonds. The lowest BCUT2D eigenvalue weighted by Crippen LogP contribution is -2.36. The van der Waals surface area contributed by atoms with Crippen LogP contribution in [0.3, 0.4) is 0 Å². The summed E-state index contributed by atoms with van der Waals surface area (Å²) in [6, 6.07) is 0. The Labute approximate surface area is 185 Å². The summed E-state index contributed by atoms with van der Waals surface area (Å²) in [5.41, 5.74) is 4.25. The van der Waals surface area contributed by atoms with E-state index in [-0.39, 0.29) is 18.6 Å². The van der Waals surface area contributed by atoms with Gasteiger partial charge < -0.3 is 10.2 Å². The second-order valence-electron chi connectivity index (χ2n) is 11.3. The summed E-state index contributed by atoms with van der Waals surface area (Å²) in [5, 5.41) is 19.8. The second-order valence-corrected chi connectivity index (χ2v) is 11.3. The lowest BCUT2D eigenvalue weighted by Gasteiger charge is -2.44. The van der Waals surface area contributed by atoms with Crippen LogP contribution in [0.2, 0.25) is 0 Å². The molecule has 3 fully saturated rings. The third kappa shape index (κ3) is 5.13. The summed E-state index contributed by atoms with van der Waals surface area (Å²) in [7, 11) is 0. The highest BCUT2D eigenvalue weighted by molar-refractivity contribution is 5.38. The molecule has 0 bridgehead atoms. The minimum atomic E-state index is -0.350. The van der Waals surface area contributed by atoms with Crippen molar-refractivity contribution in [3.63, 3.8) is 0 Å². The fraction of sp³-hybridized carbons (Fsp3) is 0.786. The third-order valence-corrected chi connectivity index (χ3v) is 8.80. The van der Waals surface area contributed by atoms with Gasteiger partial charge in [-0.1, -0.05) is 71.3 Å². The maximum absolute atomic E-state index is 10.2. The molecule has 0 aromatic carbocycles. The fourth-order valence-corrected chi connectivity index (χ4v) is 7.03. The molecule has 2 N–H and O–H groups in total. The van der Waals surface area contributed by atoms with Crippen LogP contribution in [0.4, 0.5) is 0 Å². The number of hydrogen-bond acceptors (Lipinski definition) is 2. The SMILES string of the molecule is C=C1/C(=C\C=C2CCC[C@@]3(C)C2CC[C@@H]3[C@H](C)CCCC(C)C)C[C@@H](O)CC1CO. The van der Waals surface area contributed by atoms with Crippen molar-refractivity contribution in [1.82, 2.24) is 0 Å². The Morgan fingerprint density at radius 3 is 2.63 bits per heavy atom. The molecule has 2 nitrogen and oxygen atoms in total. The Hall–Kier alpha value is -0.860. The molecule has 3 aliphatic rings. The van der Waals surface area contributed by atoms with Crippen LogP contribution >= 0.6 is 0 Å². The van der Waals surface area contributed by atoms with Crippen LogP contribution in [-0.4, -0.2) is 22.9 Å². The minimum Gasteiger partial charge on any atom is -0.396 e. The molecule has 0 radical (unpaired) electrons. The Kier molecular flexibility index (Phi) is 8.07. The van der Waals surface area contributed by atoms with Crippen molar-refractivity contribution in [2.75, 3.05) is 6.61 Å². The van der Waals surface area contributed by atoms with Gasteiger partial charge in [-0.05, 0) is 85.2 Å². The predicted molar refractivity (Wildman–Crippen MR) is 127 cm³/mol. The van der Waals surface area contributed by atoms with E-state index >= 15 is 0 Å². The lowest BCUT2D eigenvalue weighted by molar-refractivity contribution is 0.0928. The number of fused-ring (bicyclic) bond motifs is 1. The van der Waals surface area contributed by atoms with Crippen LogP contribution in [0.25, 0.3) is 0 Å². The van der Waals surface area contributed by atoms with E-state index in [4.69, 9.17) is 0 Å². The van der Waals surface area contributed by atoms with Crippen LogP contribution in [0.1, 0.15) is 91.9 Å². The Bertz CT molecular complexity index is 658. The van der Waals surface area contributed by atoms with Crippen LogP contribution in [0.5, 0.6) is 0 Å². The molecule has 0 aliphatic heterocycles. The molecule has 0 aromatic heterocycles. The smallest absolute Gasteiger partial charge is 0.0587 e. The van der Waals surface area contributed by atoms with E-state index in [1.807, 2.05) is 0 Å². The van der Waals surface area contributed by atoms with Crippen molar-refractivity contribution in [1.29, 1.82) is 0 Å². The van der Waals surface area contributed by atoms with E-state index in [9.17, 15) is 10.2 Å². The van der Waals surface area contributed by atoms with Gasteiger partial charge in [-0.25, -0.2) is 0 Å². The first-order valence-electron chi connectivity index (χ1n) is 12.6. The van der Waals surface area contributed by atoms with Gasteiger partial charge in [0.15, 0.2) is 0 Å². The topological polar surface area (TPSA) is 40.5 Å². The number of hydrogen-bond donors (Lipinski definition) is 2. The van der Waals surface area contributed by atoms with E-state index in [1.54, 1.807) is 5.57 Å². The summed E-state index contributed by atoms with van der Waals surface area (Å²) in [6.45, 7) is 14.1. The normalized spacial score (nSPS) is 38.4. The maximum Gasteiger partial charge on any atom is 0.0587 e. The molecule has 2 unspecified atom stereocenters. The number of aliphatic hydroxyl groups excluding tert-OH is 2. The van der Waals surface area contributed by atoms with Crippen LogP contribution in [-0.2, 0) is 0 Å². The molecule has 6 atom stereocenters. The van der Waals surface area contributed by atoms with E-state index in [1.165, 1.54) is 51.4 Å². The van der Waals surface area contributed by atoms with Gasteiger partial charge in [-0.2, -0.15) is 0 Å². The van der Waals surface area contributed by atoms with E-state index in [2.05, 4.69) is 46.4 Å². The zero-order valence-corrected chi connectivity index (χ0v) is 20.0. The molecule has 30 heavy (non-hydrogen) atoms. The van der Waals surface area contributed by atoms with Crippen LogP contribution < -0.4 is 0 Å². The monoisotopic (exact) mass is 414 g/mol. The largest absolute Gasteiger partial charge is 0.396 e. The molecule has 0 spiro atoms. The molecular weight excluding hydrogens is 368 g/mol. The van der Waals surface area contributed by atoms with Gasteiger partial charge in [0.25, 0.3) is 0 Å². The first-order valence-corrected chi connectivity index (χ1v) is 12.6. The molecule has 3 saturated carbocycles. The average molecular weight is 415 g/mol. The summed E-state index contributed by atoms with van der Waals surface area (Å²) in [5.74, 6) is 3.24. The van der Waals surface area contributed by atoms with Crippen LogP contribution in [0.15, 0.2) is 35.5 Å². The highest BCUT2D eigenvalue weighted by Crippen LogP contribution is 2.60. The highest BCUT2D eigenvalue weighted by Gasteiger charge is 2.50. The summed E-state index contributed by atoms with van der Waals surface area (Å²) < 4.78 is 0. The molecule has 3 aliphatic carbocycles. The first kappa shape index (κ1) is 23.8. The van der Waals surface area contributed by atoms with E-state index < -0.39 is 0 Å². The molecule has 0 saturated heterocycles. The Morgan fingerprint density at radius 1 is 1.17 bits per heavy atom. The van der Waals surface area contributed by atoms with Crippen LogP contribution in [0, 0.1) is 35.0 Å². The van der Waals surface area contributed by atoms with Crippen molar-refractivity contribution >= 4 is 0 Å². The zero-order valence-electron chi connectivity index (χ0n) is 20.0. The van der Waals surface area contributed by atoms with Crippen molar-refractivity contribution in [3.8, 4) is 0 Å². The zero-order chi connectivity index (χ0) is 21.9. The molecule has 0 heterocycles. The van der Waals surface area contributed by atoms with Gasteiger partial charge in [-0.15, -0.1) is 0 Å². The lowest BCUT2D eigenvalue weighted by atomic mass is 9.60. The Morgan fingerprint density at radius 2 is 1.93 bits per heavy atom. The molecule has 3 rings (SSSR count).